The Morgan fingerprint density at radius 2 is 2.23 bits per heavy atom. The second-order valence-electron chi connectivity index (χ2n) is 2.74. The first-order chi connectivity index (χ1) is 6.13. The summed E-state index contributed by atoms with van der Waals surface area (Å²) < 4.78 is 17.6. The highest BCUT2D eigenvalue weighted by Gasteiger charge is 2.04. The van der Waals surface area contributed by atoms with E-state index in [0.29, 0.717) is 17.7 Å². The molecule has 0 unspecified atom stereocenters. The van der Waals surface area contributed by atoms with Crippen LogP contribution in [0.1, 0.15) is 18.9 Å². The highest BCUT2D eigenvalue weighted by Crippen LogP contribution is 2.18. The monoisotopic (exact) mass is 182 g/mol. The summed E-state index contributed by atoms with van der Waals surface area (Å²) in [6.45, 7) is 3.41. The molecule has 0 saturated heterocycles. The average molecular weight is 182 g/mol. The van der Waals surface area contributed by atoms with Crippen molar-refractivity contribution in [3.05, 3.63) is 29.6 Å². The highest BCUT2D eigenvalue weighted by molar-refractivity contribution is 5.72. The zero-order valence-electron chi connectivity index (χ0n) is 7.63. The Balaban J connectivity index is 2.83. The summed E-state index contributed by atoms with van der Waals surface area (Å²) in [6.07, 6.45) is 0.316. The van der Waals surface area contributed by atoms with Crippen LogP contribution in [0.3, 0.4) is 0 Å². The maximum atomic E-state index is 12.6. The number of carbonyl (C=O) groups is 1. The summed E-state index contributed by atoms with van der Waals surface area (Å²) in [7, 11) is 0. The SMILES string of the molecule is CCC(=O)Oc1ccc(F)cc1C. The van der Waals surface area contributed by atoms with Crippen LogP contribution in [-0.4, -0.2) is 5.97 Å². The van der Waals surface area contributed by atoms with Crippen molar-refractivity contribution in [3.8, 4) is 5.75 Å². The van der Waals surface area contributed by atoms with Crippen LogP contribution in [0.5, 0.6) is 5.75 Å². The van der Waals surface area contributed by atoms with Gasteiger partial charge in [-0.1, -0.05) is 6.92 Å². The Kier molecular flexibility index (Phi) is 3.01. The smallest absolute Gasteiger partial charge is 0.310 e. The highest BCUT2D eigenvalue weighted by atomic mass is 19.1. The normalized spacial score (nSPS) is 9.77. The molecule has 0 saturated carbocycles. The summed E-state index contributed by atoms with van der Waals surface area (Å²) in [6, 6.07) is 4.06. The molecule has 0 heterocycles. The van der Waals surface area contributed by atoms with Crippen molar-refractivity contribution < 1.29 is 13.9 Å². The van der Waals surface area contributed by atoms with E-state index in [4.69, 9.17) is 4.74 Å². The summed E-state index contributed by atoms with van der Waals surface area (Å²) in [5, 5.41) is 0. The lowest BCUT2D eigenvalue weighted by molar-refractivity contribution is -0.134. The number of halogens is 1. The van der Waals surface area contributed by atoms with Gasteiger partial charge < -0.3 is 4.74 Å². The first-order valence-corrected chi connectivity index (χ1v) is 4.10. The second kappa shape index (κ2) is 4.03. The molecule has 1 aromatic carbocycles. The summed E-state index contributed by atoms with van der Waals surface area (Å²) in [5.41, 5.74) is 0.627. The predicted molar refractivity (Wildman–Crippen MR) is 47.1 cm³/mol. The van der Waals surface area contributed by atoms with Gasteiger partial charge in [0.2, 0.25) is 0 Å². The third-order valence-corrected chi connectivity index (χ3v) is 1.65. The Bertz CT molecular complexity index is 321. The van der Waals surface area contributed by atoms with Gasteiger partial charge in [0.15, 0.2) is 0 Å². The molecule has 2 nitrogen and oxygen atoms in total. The van der Waals surface area contributed by atoms with E-state index < -0.39 is 0 Å². The van der Waals surface area contributed by atoms with Crippen molar-refractivity contribution in [1.82, 2.24) is 0 Å². The van der Waals surface area contributed by atoms with E-state index in [9.17, 15) is 9.18 Å². The maximum Gasteiger partial charge on any atom is 0.310 e. The van der Waals surface area contributed by atoms with Crippen LogP contribution in [0, 0.1) is 12.7 Å². The minimum absolute atomic E-state index is 0.310. The first-order valence-electron chi connectivity index (χ1n) is 4.10. The number of benzene rings is 1. The van der Waals surface area contributed by atoms with Gasteiger partial charge in [0.25, 0.3) is 0 Å². The van der Waals surface area contributed by atoms with Crippen molar-refractivity contribution in [1.29, 1.82) is 0 Å². The first kappa shape index (κ1) is 9.71. The molecule has 0 aliphatic rings. The summed E-state index contributed by atoms with van der Waals surface area (Å²) in [5.74, 6) is -0.211. The third kappa shape index (κ3) is 2.54. The molecule has 70 valence electrons. The number of rotatable bonds is 2. The minimum Gasteiger partial charge on any atom is -0.426 e. The number of aryl methyl sites for hydroxylation is 1. The fraction of sp³-hybridized carbons (Fsp3) is 0.300. The predicted octanol–water partition coefficient (Wildman–Crippen LogP) is 2.45. The van der Waals surface area contributed by atoms with Crippen LogP contribution in [-0.2, 0) is 4.79 Å². The number of carbonyl (C=O) groups excluding carboxylic acids is 1. The third-order valence-electron chi connectivity index (χ3n) is 1.65. The Morgan fingerprint density at radius 1 is 1.54 bits per heavy atom. The van der Waals surface area contributed by atoms with Crippen LogP contribution >= 0.6 is 0 Å². The van der Waals surface area contributed by atoms with Gasteiger partial charge in [-0.2, -0.15) is 0 Å². The van der Waals surface area contributed by atoms with Gasteiger partial charge in [0.05, 0.1) is 0 Å². The van der Waals surface area contributed by atoms with Crippen LogP contribution in [0.25, 0.3) is 0 Å². The largest absolute Gasteiger partial charge is 0.426 e. The topological polar surface area (TPSA) is 26.3 Å². The van der Waals surface area contributed by atoms with E-state index in [1.165, 1.54) is 18.2 Å². The van der Waals surface area contributed by atoms with Gasteiger partial charge in [-0.3, -0.25) is 4.79 Å². The van der Waals surface area contributed by atoms with Crippen LogP contribution in [0.4, 0.5) is 4.39 Å². The van der Waals surface area contributed by atoms with Gasteiger partial charge in [-0.05, 0) is 30.7 Å². The molecule has 0 spiro atoms. The zero-order chi connectivity index (χ0) is 9.84. The average Bonchev–Trinajstić information content (AvgIpc) is 2.09. The molecule has 3 heteroatoms. The van der Waals surface area contributed by atoms with Crippen molar-refractivity contribution >= 4 is 5.97 Å². The molecule has 0 radical (unpaired) electrons. The van der Waals surface area contributed by atoms with E-state index in [1.807, 2.05) is 0 Å². The quantitative estimate of drug-likeness (QED) is 0.518. The molecule has 0 amide bonds. The van der Waals surface area contributed by atoms with Crippen LogP contribution in [0.15, 0.2) is 18.2 Å². The molecule has 0 aliphatic heterocycles. The zero-order valence-corrected chi connectivity index (χ0v) is 7.63. The Hall–Kier alpha value is -1.38. The molecular weight excluding hydrogens is 171 g/mol. The Labute approximate surface area is 76.3 Å². The molecule has 0 fully saturated rings. The fourth-order valence-electron chi connectivity index (χ4n) is 0.922. The molecule has 0 aromatic heterocycles. The molecule has 0 bridgehead atoms. The van der Waals surface area contributed by atoms with Gasteiger partial charge in [-0.25, -0.2) is 4.39 Å². The summed E-state index contributed by atoms with van der Waals surface area (Å²) >= 11 is 0. The molecule has 0 N–H and O–H groups in total. The number of esters is 1. The fourth-order valence-corrected chi connectivity index (χ4v) is 0.922. The van der Waals surface area contributed by atoms with E-state index in [-0.39, 0.29) is 11.8 Å². The summed E-state index contributed by atoms with van der Waals surface area (Å²) in [4.78, 5) is 10.9. The molecule has 0 atom stereocenters. The molecule has 0 aliphatic carbocycles. The molecule has 1 aromatic rings. The molecule has 1 rings (SSSR count). The van der Waals surface area contributed by atoms with Crippen molar-refractivity contribution in [2.24, 2.45) is 0 Å². The second-order valence-corrected chi connectivity index (χ2v) is 2.74. The van der Waals surface area contributed by atoms with E-state index in [0.717, 1.165) is 0 Å². The van der Waals surface area contributed by atoms with Crippen molar-refractivity contribution in [3.63, 3.8) is 0 Å². The van der Waals surface area contributed by atoms with E-state index in [2.05, 4.69) is 0 Å². The Morgan fingerprint density at radius 3 is 2.77 bits per heavy atom. The number of hydrogen-bond donors (Lipinski definition) is 0. The lowest BCUT2D eigenvalue weighted by atomic mass is 10.2. The lowest BCUT2D eigenvalue weighted by Gasteiger charge is -2.05. The van der Waals surface area contributed by atoms with Gasteiger partial charge in [-0.15, -0.1) is 0 Å². The maximum absolute atomic E-state index is 12.6. The number of ether oxygens (including phenoxy) is 1. The molecular formula is C10H11FO2. The lowest BCUT2D eigenvalue weighted by Crippen LogP contribution is -2.06. The van der Waals surface area contributed by atoms with Gasteiger partial charge >= 0.3 is 5.97 Å². The standard InChI is InChI=1S/C10H11FO2/c1-3-10(12)13-9-5-4-8(11)6-7(9)2/h4-6H,3H2,1-2H3. The minimum atomic E-state index is -0.325. The van der Waals surface area contributed by atoms with E-state index >= 15 is 0 Å². The van der Waals surface area contributed by atoms with Crippen molar-refractivity contribution in [2.45, 2.75) is 20.3 Å². The van der Waals surface area contributed by atoms with Crippen molar-refractivity contribution in [2.75, 3.05) is 0 Å². The van der Waals surface area contributed by atoms with Gasteiger partial charge in [0.1, 0.15) is 11.6 Å². The van der Waals surface area contributed by atoms with Crippen LogP contribution in [0.2, 0.25) is 0 Å². The van der Waals surface area contributed by atoms with Crippen LogP contribution < -0.4 is 4.74 Å². The van der Waals surface area contributed by atoms with E-state index in [1.54, 1.807) is 13.8 Å². The van der Waals surface area contributed by atoms with Gasteiger partial charge in [0, 0.05) is 6.42 Å². The number of hydrogen-bond acceptors (Lipinski definition) is 2. The molecule has 13 heavy (non-hydrogen) atoms.